The van der Waals surface area contributed by atoms with Crippen LogP contribution in [0.15, 0.2) is 48.5 Å². The van der Waals surface area contributed by atoms with Crippen molar-refractivity contribution in [1.29, 1.82) is 0 Å². The van der Waals surface area contributed by atoms with E-state index in [2.05, 4.69) is 17.4 Å². The van der Waals surface area contributed by atoms with Crippen molar-refractivity contribution in [1.82, 2.24) is 4.90 Å². The van der Waals surface area contributed by atoms with Crippen molar-refractivity contribution >= 4 is 17.5 Å². The molecule has 5 nitrogen and oxygen atoms in total. The molecule has 2 aliphatic heterocycles. The van der Waals surface area contributed by atoms with E-state index in [4.69, 9.17) is 5.73 Å². The summed E-state index contributed by atoms with van der Waals surface area (Å²) in [5, 5.41) is 2.86. The van der Waals surface area contributed by atoms with Gasteiger partial charge >= 0.3 is 0 Å². The summed E-state index contributed by atoms with van der Waals surface area (Å²) in [6.07, 6.45) is 1.15. The van der Waals surface area contributed by atoms with Crippen molar-refractivity contribution < 1.29 is 9.59 Å². The number of nitrogens with two attached hydrogens (primary N) is 1. The van der Waals surface area contributed by atoms with Crippen LogP contribution >= 0.6 is 0 Å². The number of benzene rings is 2. The van der Waals surface area contributed by atoms with Gasteiger partial charge in [0.2, 0.25) is 5.91 Å². The second-order valence-electron chi connectivity index (χ2n) is 7.14. The van der Waals surface area contributed by atoms with Crippen molar-refractivity contribution in [3.8, 4) is 0 Å². The van der Waals surface area contributed by atoms with Crippen LogP contribution < -0.4 is 11.1 Å². The van der Waals surface area contributed by atoms with Gasteiger partial charge in [-0.05, 0) is 48.2 Å². The van der Waals surface area contributed by atoms with Gasteiger partial charge in [-0.25, -0.2) is 0 Å². The maximum atomic E-state index is 13.0. The molecule has 2 amide bonds. The third-order valence-electron chi connectivity index (χ3n) is 5.51. The predicted molar refractivity (Wildman–Crippen MR) is 101 cm³/mol. The Labute approximate surface area is 153 Å². The number of carbonyl (C=O) groups is 2. The quantitative estimate of drug-likeness (QED) is 0.893. The lowest BCUT2D eigenvalue weighted by atomic mass is 9.89. The summed E-state index contributed by atoms with van der Waals surface area (Å²) < 4.78 is 0. The number of hydrogen-bond acceptors (Lipinski definition) is 3. The normalized spacial score (nSPS) is 22.0. The van der Waals surface area contributed by atoms with Crippen LogP contribution in [0.25, 0.3) is 0 Å². The van der Waals surface area contributed by atoms with E-state index in [0.29, 0.717) is 38.0 Å². The molecular formula is C21H23N3O2. The Morgan fingerprint density at radius 3 is 2.69 bits per heavy atom. The molecule has 0 spiro atoms. The molecule has 4 rings (SSSR count). The van der Waals surface area contributed by atoms with Gasteiger partial charge in [0.15, 0.2) is 0 Å². The largest absolute Gasteiger partial charge is 0.338 e. The molecule has 0 unspecified atom stereocenters. The zero-order valence-electron chi connectivity index (χ0n) is 14.7. The van der Waals surface area contributed by atoms with E-state index >= 15 is 0 Å². The van der Waals surface area contributed by atoms with Gasteiger partial charge in [-0.15, -0.1) is 0 Å². The number of fused-ring (bicyclic) bond motifs is 1. The van der Waals surface area contributed by atoms with Crippen LogP contribution in [0.4, 0.5) is 5.69 Å². The summed E-state index contributed by atoms with van der Waals surface area (Å²) in [4.78, 5) is 26.4. The minimum Gasteiger partial charge on any atom is -0.338 e. The van der Waals surface area contributed by atoms with Gasteiger partial charge in [0, 0.05) is 36.7 Å². The molecule has 0 radical (unpaired) electrons. The summed E-state index contributed by atoms with van der Waals surface area (Å²) in [5.74, 6) is 0.634. The average molecular weight is 349 g/mol. The van der Waals surface area contributed by atoms with Crippen LogP contribution in [0.3, 0.4) is 0 Å². The van der Waals surface area contributed by atoms with E-state index in [1.807, 2.05) is 35.2 Å². The Morgan fingerprint density at radius 2 is 1.92 bits per heavy atom. The van der Waals surface area contributed by atoms with Crippen molar-refractivity contribution in [2.75, 3.05) is 25.0 Å². The lowest BCUT2D eigenvalue weighted by molar-refractivity contribution is -0.116. The van der Waals surface area contributed by atoms with Crippen molar-refractivity contribution in [2.24, 2.45) is 11.7 Å². The molecule has 2 aromatic carbocycles. The predicted octanol–water partition coefficient (Wildman–Crippen LogP) is 2.39. The molecule has 2 aliphatic rings. The van der Waals surface area contributed by atoms with Crippen molar-refractivity contribution in [3.63, 3.8) is 0 Å². The number of hydrogen-bond donors (Lipinski definition) is 2. The standard InChI is InChI=1S/C21H23N3O2/c22-11-17-12-24(13-18(17)14-4-2-1-3-5-14)21(26)16-6-8-19-15(10-16)7-9-20(25)23-19/h1-6,8,10,17-18H,7,9,11-13,22H2,(H,23,25)/t17-,18+/m1/s1. The highest BCUT2D eigenvalue weighted by Gasteiger charge is 2.35. The summed E-state index contributed by atoms with van der Waals surface area (Å²) >= 11 is 0. The van der Waals surface area contributed by atoms with E-state index in [0.717, 1.165) is 11.3 Å². The molecule has 2 aromatic rings. The molecule has 134 valence electrons. The smallest absolute Gasteiger partial charge is 0.253 e. The Kier molecular flexibility index (Phi) is 4.47. The first-order chi connectivity index (χ1) is 12.7. The number of rotatable bonds is 3. The molecule has 3 N–H and O–H groups in total. The van der Waals surface area contributed by atoms with Crippen LogP contribution in [-0.2, 0) is 11.2 Å². The molecule has 0 bridgehead atoms. The highest BCUT2D eigenvalue weighted by molar-refractivity contribution is 5.98. The van der Waals surface area contributed by atoms with Crippen LogP contribution in [-0.4, -0.2) is 36.3 Å². The van der Waals surface area contributed by atoms with E-state index in [9.17, 15) is 9.59 Å². The van der Waals surface area contributed by atoms with Crippen LogP contribution in [0, 0.1) is 5.92 Å². The highest BCUT2D eigenvalue weighted by Crippen LogP contribution is 2.33. The van der Waals surface area contributed by atoms with Crippen LogP contribution in [0.5, 0.6) is 0 Å². The molecular weight excluding hydrogens is 326 g/mol. The minimum absolute atomic E-state index is 0.0348. The fourth-order valence-electron chi connectivity index (χ4n) is 4.05. The molecule has 0 saturated carbocycles. The second-order valence-corrected chi connectivity index (χ2v) is 7.14. The Bertz CT molecular complexity index is 834. The highest BCUT2D eigenvalue weighted by atomic mass is 16.2. The van der Waals surface area contributed by atoms with E-state index in [1.165, 1.54) is 5.56 Å². The first-order valence-electron chi connectivity index (χ1n) is 9.13. The number of amides is 2. The maximum absolute atomic E-state index is 13.0. The van der Waals surface area contributed by atoms with Crippen molar-refractivity contribution in [3.05, 3.63) is 65.2 Å². The van der Waals surface area contributed by atoms with Crippen LogP contribution in [0.2, 0.25) is 0 Å². The van der Waals surface area contributed by atoms with Gasteiger partial charge in [-0.1, -0.05) is 30.3 Å². The zero-order chi connectivity index (χ0) is 18.1. The number of likely N-dealkylation sites (tertiary alicyclic amines) is 1. The zero-order valence-corrected chi connectivity index (χ0v) is 14.7. The first-order valence-corrected chi connectivity index (χ1v) is 9.13. The van der Waals surface area contributed by atoms with Gasteiger partial charge in [0.25, 0.3) is 5.91 Å². The second kappa shape index (κ2) is 6.92. The van der Waals surface area contributed by atoms with Gasteiger partial charge < -0.3 is 16.0 Å². The Hall–Kier alpha value is -2.66. The van der Waals surface area contributed by atoms with Crippen molar-refractivity contribution in [2.45, 2.75) is 18.8 Å². The molecule has 0 aromatic heterocycles. The molecule has 1 fully saturated rings. The third-order valence-corrected chi connectivity index (χ3v) is 5.51. The summed E-state index contributed by atoms with van der Waals surface area (Å²) in [6.45, 7) is 1.95. The Morgan fingerprint density at radius 1 is 1.12 bits per heavy atom. The summed E-state index contributed by atoms with van der Waals surface area (Å²) in [6, 6.07) is 15.9. The molecule has 5 heteroatoms. The molecule has 0 aliphatic carbocycles. The SMILES string of the molecule is NC[C@@H]1CN(C(=O)c2ccc3c(c2)CCC(=O)N3)C[C@H]1c1ccccc1. The number of nitrogens with one attached hydrogen (secondary N) is 1. The number of anilines is 1. The average Bonchev–Trinajstić information content (AvgIpc) is 3.12. The van der Waals surface area contributed by atoms with Gasteiger partial charge in [-0.3, -0.25) is 9.59 Å². The topological polar surface area (TPSA) is 75.4 Å². The maximum Gasteiger partial charge on any atom is 0.253 e. The number of nitrogens with zero attached hydrogens (tertiary/aromatic N) is 1. The number of carbonyl (C=O) groups excluding carboxylic acids is 2. The van der Waals surface area contributed by atoms with Crippen LogP contribution in [0.1, 0.15) is 33.8 Å². The lowest BCUT2D eigenvalue weighted by Gasteiger charge is -2.20. The molecule has 26 heavy (non-hydrogen) atoms. The fraction of sp³-hybridized carbons (Fsp3) is 0.333. The third kappa shape index (κ3) is 3.10. The fourth-order valence-corrected chi connectivity index (χ4v) is 4.05. The molecule has 2 atom stereocenters. The van der Waals surface area contributed by atoms with E-state index < -0.39 is 0 Å². The molecule has 1 saturated heterocycles. The lowest BCUT2D eigenvalue weighted by Crippen LogP contribution is -2.30. The first kappa shape index (κ1) is 16.8. The summed E-state index contributed by atoms with van der Waals surface area (Å²) in [7, 11) is 0. The van der Waals surface area contributed by atoms with E-state index in [-0.39, 0.29) is 23.7 Å². The van der Waals surface area contributed by atoms with E-state index in [1.54, 1.807) is 6.07 Å². The monoisotopic (exact) mass is 349 g/mol. The summed E-state index contributed by atoms with van der Waals surface area (Å²) in [5.41, 5.74) is 9.77. The minimum atomic E-state index is 0.0348. The van der Waals surface area contributed by atoms with Gasteiger partial charge in [-0.2, -0.15) is 0 Å². The van der Waals surface area contributed by atoms with Gasteiger partial charge in [0.1, 0.15) is 0 Å². The molecule has 2 heterocycles. The Balaban J connectivity index is 1.54. The number of aryl methyl sites for hydroxylation is 1. The van der Waals surface area contributed by atoms with Gasteiger partial charge in [0.05, 0.1) is 0 Å².